The van der Waals surface area contributed by atoms with Crippen LogP contribution in [0.1, 0.15) is 125 Å². The Bertz CT molecular complexity index is 2240. The van der Waals surface area contributed by atoms with Gasteiger partial charge in [0.15, 0.2) is 0 Å². The van der Waals surface area contributed by atoms with E-state index in [4.69, 9.17) is 11.1 Å². The molecular weight excluding hydrogens is 835 g/mol. The molecule has 6 N–H and O–H groups in total. The number of rotatable bonds is 19. The largest absolute Gasteiger partial charge is 0.356 e. The monoisotopic (exact) mass is 903 g/mol. The third-order valence-corrected chi connectivity index (χ3v) is 14.3. The van der Waals surface area contributed by atoms with Crippen molar-refractivity contribution in [1.29, 1.82) is 5.41 Å². The van der Waals surface area contributed by atoms with E-state index in [1.165, 1.54) is 10.8 Å². The van der Waals surface area contributed by atoms with Crippen molar-refractivity contribution in [2.75, 3.05) is 51.2 Å². The molecule has 3 fully saturated rings. The van der Waals surface area contributed by atoms with Gasteiger partial charge in [-0.3, -0.25) is 33.6 Å². The lowest BCUT2D eigenvalue weighted by Crippen LogP contribution is -2.63. The van der Waals surface area contributed by atoms with Crippen LogP contribution in [0.5, 0.6) is 0 Å². The lowest BCUT2D eigenvalue weighted by Gasteiger charge is -2.48. The highest BCUT2D eigenvalue weighted by Crippen LogP contribution is 2.39. The van der Waals surface area contributed by atoms with Crippen LogP contribution in [-0.2, 0) is 32.1 Å². The number of piperidine rings is 3. The van der Waals surface area contributed by atoms with E-state index in [2.05, 4.69) is 20.9 Å². The van der Waals surface area contributed by atoms with Gasteiger partial charge in [0.05, 0.1) is 17.2 Å². The number of carbonyl (C=O) groups excluding carboxylic acids is 4. The van der Waals surface area contributed by atoms with Crippen molar-refractivity contribution in [3.05, 3.63) is 63.6 Å². The highest BCUT2D eigenvalue weighted by Gasteiger charge is 2.40. The fraction of sp³-hybridized carbons (Fsp3) is 0.625. The van der Waals surface area contributed by atoms with Crippen molar-refractivity contribution in [1.82, 2.24) is 34.9 Å². The van der Waals surface area contributed by atoms with E-state index in [1.807, 2.05) is 40.1 Å². The molecule has 4 aliphatic heterocycles. The Balaban J connectivity index is 0.866. The molecule has 5 heterocycles. The topological polar surface area (TPSA) is 191 Å². The first-order valence-electron chi connectivity index (χ1n) is 23.8. The summed E-state index contributed by atoms with van der Waals surface area (Å²) in [5.41, 5.74) is 10.5. The minimum atomic E-state index is -2.70. The van der Waals surface area contributed by atoms with Gasteiger partial charge in [-0.25, -0.2) is 13.6 Å². The quantitative estimate of drug-likeness (QED) is 0.0630. The summed E-state index contributed by atoms with van der Waals surface area (Å²) in [5, 5.41) is 17.2. The van der Waals surface area contributed by atoms with Crippen LogP contribution in [0.25, 0.3) is 11.0 Å². The van der Waals surface area contributed by atoms with Crippen LogP contribution < -0.4 is 32.3 Å². The van der Waals surface area contributed by atoms with Gasteiger partial charge >= 0.3 is 5.69 Å². The molecule has 15 nitrogen and oxygen atoms in total. The molecule has 7 rings (SSSR count). The van der Waals surface area contributed by atoms with Crippen molar-refractivity contribution in [3.63, 3.8) is 0 Å². The van der Waals surface area contributed by atoms with Crippen LogP contribution in [-0.4, -0.2) is 113 Å². The molecule has 3 saturated heterocycles. The van der Waals surface area contributed by atoms with Gasteiger partial charge in [-0.2, -0.15) is 0 Å². The van der Waals surface area contributed by atoms with Gasteiger partial charge in [0.1, 0.15) is 6.04 Å². The SMILES string of the molecule is CNCC(C=N)c1cc2c(cc1C(F)F)N(C(N)C1CN(C(C)=O)CCC1NC1CCN(C(=O)CCCCCCCCn3c(=O)n(C4CCC(=O)NC4=O)c4ccccc43)CC1)CCC2. The Morgan fingerprint density at radius 2 is 1.62 bits per heavy atom. The summed E-state index contributed by atoms with van der Waals surface area (Å²) in [5.74, 6) is -1.20. The molecule has 17 heteroatoms. The first-order valence-corrected chi connectivity index (χ1v) is 23.8. The summed E-state index contributed by atoms with van der Waals surface area (Å²) in [6.45, 7) is 5.53. The van der Waals surface area contributed by atoms with Crippen molar-refractivity contribution >= 4 is 46.6 Å². The van der Waals surface area contributed by atoms with E-state index in [1.54, 1.807) is 24.6 Å². The average Bonchev–Trinajstić information content (AvgIpc) is 3.58. The number of nitrogens with one attached hydrogen (secondary N) is 4. The molecule has 0 aliphatic carbocycles. The predicted molar refractivity (Wildman–Crippen MR) is 247 cm³/mol. The fourth-order valence-corrected chi connectivity index (χ4v) is 10.7. The van der Waals surface area contributed by atoms with Crippen LogP contribution >= 0.6 is 0 Å². The molecular formula is C48H68F2N10O5. The van der Waals surface area contributed by atoms with Crippen LogP contribution in [0.15, 0.2) is 41.2 Å². The van der Waals surface area contributed by atoms with E-state index in [9.17, 15) is 32.8 Å². The second-order valence-corrected chi connectivity index (χ2v) is 18.5. The number of aromatic nitrogens is 2. The third kappa shape index (κ3) is 11.0. The molecule has 65 heavy (non-hydrogen) atoms. The third-order valence-electron chi connectivity index (χ3n) is 14.3. The maximum Gasteiger partial charge on any atom is 0.329 e. The maximum absolute atomic E-state index is 14.6. The van der Waals surface area contributed by atoms with E-state index >= 15 is 0 Å². The highest BCUT2D eigenvalue weighted by atomic mass is 19.3. The van der Waals surface area contributed by atoms with E-state index in [0.29, 0.717) is 75.4 Å². The number of halogens is 2. The van der Waals surface area contributed by atoms with Crippen molar-refractivity contribution in [2.45, 2.75) is 140 Å². The maximum atomic E-state index is 14.6. The van der Waals surface area contributed by atoms with Crippen molar-refractivity contribution in [3.8, 4) is 0 Å². The number of likely N-dealkylation sites (tertiary alicyclic amines) is 2. The number of hydrogen-bond acceptors (Lipinski definition) is 10. The van der Waals surface area contributed by atoms with Gasteiger partial charge in [0.25, 0.3) is 6.43 Å². The number of hydrogen-bond donors (Lipinski definition) is 5. The molecule has 4 amide bonds. The first kappa shape index (κ1) is 47.9. The molecule has 3 aromatic rings. The summed E-state index contributed by atoms with van der Waals surface area (Å²) in [7, 11) is 1.75. The Morgan fingerprint density at radius 1 is 0.908 bits per heavy atom. The molecule has 1 aromatic heterocycles. The average molecular weight is 903 g/mol. The minimum Gasteiger partial charge on any atom is -0.356 e. The summed E-state index contributed by atoms with van der Waals surface area (Å²) < 4.78 is 32.4. The van der Waals surface area contributed by atoms with E-state index in [0.717, 1.165) is 81.7 Å². The van der Waals surface area contributed by atoms with Gasteiger partial charge in [-0.05, 0) is 87.7 Å². The molecule has 0 bridgehead atoms. The second kappa shape index (κ2) is 22.0. The number of imidazole rings is 1. The Kier molecular flexibility index (Phi) is 16.2. The van der Waals surface area contributed by atoms with E-state index in [-0.39, 0.29) is 53.4 Å². The molecule has 5 unspecified atom stereocenters. The molecule has 0 radical (unpaired) electrons. The number of para-hydroxylation sites is 2. The summed E-state index contributed by atoms with van der Waals surface area (Å²) >= 11 is 0. The number of alkyl halides is 2. The lowest BCUT2D eigenvalue weighted by atomic mass is 9.85. The van der Waals surface area contributed by atoms with Crippen molar-refractivity contribution in [2.24, 2.45) is 11.7 Å². The molecule has 0 saturated carbocycles. The number of anilines is 1. The zero-order valence-corrected chi connectivity index (χ0v) is 38.0. The van der Waals surface area contributed by atoms with E-state index < -0.39 is 30.5 Å². The Labute approximate surface area is 380 Å². The van der Waals surface area contributed by atoms with Gasteiger partial charge in [0.2, 0.25) is 23.6 Å². The Hall–Kier alpha value is -5.00. The highest BCUT2D eigenvalue weighted by molar-refractivity contribution is 6.00. The number of likely N-dealkylation sites (N-methyl/N-ethyl adjacent to an activating group) is 1. The normalized spacial score (nSPS) is 21.7. The number of benzene rings is 2. The smallest absolute Gasteiger partial charge is 0.329 e. The van der Waals surface area contributed by atoms with Crippen LogP contribution in [0.3, 0.4) is 0 Å². The molecule has 0 spiro atoms. The van der Waals surface area contributed by atoms with Gasteiger partial charge in [0, 0.05) is 107 Å². The Morgan fingerprint density at radius 3 is 2.31 bits per heavy atom. The number of nitrogens with zero attached hydrogens (tertiary/aromatic N) is 5. The second-order valence-electron chi connectivity index (χ2n) is 18.5. The first-order chi connectivity index (χ1) is 31.4. The summed E-state index contributed by atoms with van der Waals surface area (Å²) in [6.07, 6.45) is 8.42. The van der Waals surface area contributed by atoms with Gasteiger partial charge < -0.3 is 36.5 Å². The summed E-state index contributed by atoms with van der Waals surface area (Å²) in [4.78, 5) is 69.7. The molecule has 4 aliphatic rings. The number of nitrogens with two attached hydrogens (primary N) is 1. The number of amides is 4. The number of unbranched alkanes of at least 4 members (excludes halogenated alkanes) is 5. The molecule has 2 aromatic carbocycles. The molecule has 5 atom stereocenters. The van der Waals surface area contributed by atoms with Gasteiger partial charge in [-0.1, -0.05) is 43.9 Å². The minimum absolute atomic E-state index is 0.00386. The standard InChI is InChI=1S/C48H68F2N10O5/c1-31(61)57-25-20-38(37(30-57)46(52)58-22-11-12-32-26-35(33(28-51)29-53-2)36(45(49)50)27-42(32)58)54-34-18-23-56(24-19-34)44(63)15-7-5-3-4-6-10-21-59-39-13-8-9-14-40(39)60(48(59)65)41-16-17-43(62)55-47(41)64/h8-9,13-14,26-28,33-34,37-38,41,45-46,51,53-54H,3-7,10-12,15-25,29-30,52H2,1-2H3,(H,55,62,64). The number of fused-ring (bicyclic) bond motifs is 2. The lowest BCUT2D eigenvalue weighted by molar-refractivity contribution is -0.136. The van der Waals surface area contributed by atoms with Crippen LogP contribution in [0, 0.1) is 11.3 Å². The summed E-state index contributed by atoms with van der Waals surface area (Å²) in [6, 6.07) is 10.4. The van der Waals surface area contributed by atoms with Crippen LogP contribution in [0.2, 0.25) is 0 Å². The number of imide groups is 1. The number of aryl methyl sites for hydroxylation is 2. The zero-order valence-electron chi connectivity index (χ0n) is 38.0. The van der Waals surface area contributed by atoms with Crippen molar-refractivity contribution < 1.29 is 28.0 Å². The van der Waals surface area contributed by atoms with Gasteiger partial charge in [-0.15, -0.1) is 0 Å². The van der Waals surface area contributed by atoms with Crippen LogP contribution in [0.4, 0.5) is 14.5 Å². The zero-order chi connectivity index (χ0) is 46.2. The predicted octanol–water partition coefficient (Wildman–Crippen LogP) is 4.96. The number of carbonyl (C=O) groups is 4. The fourth-order valence-electron chi connectivity index (χ4n) is 10.7. The molecule has 354 valence electrons.